The van der Waals surface area contributed by atoms with Gasteiger partial charge in [0.15, 0.2) is 0 Å². The van der Waals surface area contributed by atoms with Crippen LogP contribution in [-0.4, -0.2) is 65.4 Å². The van der Waals surface area contributed by atoms with Crippen molar-refractivity contribution in [3.05, 3.63) is 71.3 Å². The summed E-state index contributed by atoms with van der Waals surface area (Å²) in [5.74, 6) is -1.65. The quantitative estimate of drug-likeness (QED) is 0.153. The summed E-state index contributed by atoms with van der Waals surface area (Å²) in [6.07, 6.45) is 4.81. The van der Waals surface area contributed by atoms with Crippen molar-refractivity contribution in [3.63, 3.8) is 0 Å². The molecule has 51 heavy (non-hydrogen) atoms. The Labute approximate surface area is 301 Å². The van der Waals surface area contributed by atoms with Crippen LogP contribution in [0.3, 0.4) is 0 Å². The molecule has 276 valence electrons. The number of amides is 5. The predicted octanol–water partition coefficient (Wildman–Crippen LogP) is 4.31. The van der Waals surface area contributed by atoms with E-state index < -0.39 is 42.0 Å². The SMILES string of the molecule is CC(=O)N[C@H](C(=O)N[C@@H](CC(C)C)C(=O)N[C@@H](CC1CCCCC1)[C@@H](O)CC(=O)NCC(C)C)C(=C1NC(=O)c2ccccc21)c1ccccc1. The van der Waals surface area contributed by atoms with Crippen LogP contribution in [0.1, 0.15) is 107 Å². The third-order valence-corrected chi connectivity index (χ3v) is 9.48. The smallest absolute Gasteiger partial charge is 0.256 e. The van der Waals surface area contributed by atoms with Crippen LogP contribution in [-0.2, 0) is 19.2 Å². The van der Waals surface area contributed by atoms with Crippen LogP contribution in [0.25, 0.3) is 11.3 Å². The maximum Gasteiger partial charge on any atom is 0.256 e. The van der Waals surface area contributed by atoms with Gasteiger partial charge in [-0.1, -0.05) is 108 Å². The van der Waals surface area contributed by atoms with Gasteiger partial charge in [-0.3, -0.25) is 24.0 Å². The second-order valence-corrected chi connectivity index (χ2v) is 14.8. The van der Waals surface area contributed by atoms with E-state index in [4.69, 9.17) is 0 Å². The van der Waals surface area contributed by atoms with Crippen molar-refractivity contribution in [1.29, 1.82) is 0 Å². The molecule has 1 heterocycles. The predicted molar refractivity (Wildman–Crippen MR) is 198 cm³/mol. The van der Waals surface area contributed by atoms with Gasteiger partial charge in [-0.15, -0.1) is 0 Å². The molecular formula is C40H55N5O6. The Morgan fingerprint density at radius 2 is 1.47 bits per heavy atom. The maximum absolute atomic E-state index is 14.4. The van der Waals surface area contributed by atoms with Gasteiger partial charge in [0.25, 0.3) is 5.91 Å². The van der Waals surface area contributed by atoms with Crippen LogP contribution in [0, 0.1) is 17.8 Å². The second kappa shape index (κ2) is 18.6. The van der Waals surface area contributed by atoms with Crippen LogP contribution >= 0.6 is 0 Å². The molecule has 2 aromatic rings. The number of aliphatic hydroxyl groups excluding tert-OH is 1. The molecule has 2 aromatic carbocycles. The van der Waals surface area contributed by atoms with Crippen molar-refractivity contribution in [1.82, 2.24) is 26.6 Å². The first-order chi connectivity index (χ1) is 24.3. The molecule has 0 unspecified atom stereocenters. The molecule has 0 bridgehead atoms. The fourth-order valence-corrected chi connectivity index (χ4v) is 6.96. The molecule has 6 N–H and O–H groups in total. The third-order valence-electron chi connectivity index (χ3n) is 9.48. The summed E-state index contributed by atoms with van der Waals surface area (Å²) in [6, 6.07) is 13.1. The molecule has 1 aliphatic heterocycles. The number of fused-ring (bicyclic) bond motifs is 1. The summed E-state index contributed by atoms with van der Waals surface area (Å²) in [6.45, 7) is 9.65. The Kier molecular flexibility index (Phi) is 14.4. The van der Waals surface area contributed by atoms with Gasteiger partial charge in [0, 0.05) is 30.2 Å². The molecule has 11 heteroatoms. The highest BCUT2D eigenvalue weighted by Gasteiger charge is 2.36. The molecule has 1 aliphatic carbocycles. The zero-order chi connectivity index (χ0) is 37.1. The highest BCUT2D eigenvalue weighted by Crippen LogP contribution is 2.34. The van der Waals surface area contributed by atoms with Crippen LogP contribution in [0.4, 0.5) is 0 Å². The normalized spacial score (nSPS) is 17.8. The minimum atomic E-state index is -1.28. The number of nitrogens with one attached hydrogen (secondary N) is 5. The highest BCUT2D eigenvalue weighted by molar-refractivity contribution is 6.17. The van der Waals surface area contributed by atoms with Crippen molar-refractivity contribution in [2.24, 2.45) is 17.8 Å². The summed E-state index contributed by atoms with van der Waals surface area (Å²) < 4.78 is 0. The van der Waals surface area contributed by atoms with E-state index in [0.717, 1.165) is 32.1 Å². The minimum absolute atomic E-state index is 0.00302. The molecule has 5 amide bonds. The minimum Gasteiger partial charge on any atom is -0.390 e. The van der Waals surface area contributed by atoms with Crippen molar-refractivity contribution < 1.29 is 29.1 Å². The average molecular weight is 702 g/mol. The lowest BCUT2D eigenvalue weighted by Crippen LogP contribution is -2.57. The summed E-state index contributed by atoms with van der Waals surface area (Å²) in [7, 11) is 0. The van der Waals surface area contributed by atoms with E-state index in [2.05, 4.69) is 26.6 Å². The molecule has 1 saturated carbocycles. The molecule has 0 saturated heterocycles. The first-order valence-corrected chi connectivity index (χ1v) is 18.4. The number of carbonyl (C=O) groups is 5. The number of hydrogen-bond acceptors (Lipinski definition) is 6. The van der Waals surface area contributed by atoms with E-state index in [0.29, 0.717) is 46.8 Å². The Morgan fingerprint density at radius 1 is 0.824 bits per heavy atom. The van der Waals surface area contributed by atoms with E-state index in [1.54, 1.807) is 48.5 Å². The highest BCUT2D eigenvalue weighted by atomic mass is 16.3. The standard InChI is InChI=1S/C40H55N5O6/c1-24(2)20-32(39(50)43-31(21-27-14-8-6-9-15-27)33(47)22-34(48)41-23-25(3)4)44-40(51)37(42-26(5)46)35(28-16-10-7-11-17-28)36-29-18-12-13-19-30(29)38(49)45-36/h7,10-13,16-19,24-25,27,31-33,37,47H,6,8-9,14-15,20-23H2,1-5H3,(H,41,48)(H,42,46)(H,43,50)(H,44,51)(H,45,49)/t31-,32-,33-,37-/m0/s1. The molecular weight excluding hydrogens is 646 g/mol. The molecule has 0 radical (unpaired) electrons. The van der Waals surface area contributed by atoms with Gasteiger partial charge in [-0.2, -0.15) is 0 Å². The molecule has 0 aromatic heterocycles. The molecule has 11 nitrogen and oxygen atoms in total. The fourth-order valence-electron chi connectivity index (χ4n) is 6.96. The molecule has 0 spiro atoms. The lowest BCUT2D eigenvalue weighted by atomic mass is 9.83. The van der Waals surface area contributed by atoms with E-state index in [-0.39, 0.29) is 36.5 Å². The van der Waals surface area contributed by atoms with Crippen molar-refractivity contribution in [2.45, 2.75) is 110 Å². The van der Waals surface area contributed by atoms with Gasteiger partial charge in [-0.25, -0.2) is 0 Å². The maximum atomic E-state index is 14.4. The van der Waals surface area contributed by atoms with Gasteiger partial charge in [0.05, 0.1) is 24.3 Å². The molecule has 4 atom stereocenters. The number of carbonyl (C=O) groups excluding carboxylic acids is 5. The van der Waals surface area contributed by atoms with Gasteiger partial charge in [0.1, 0.15) is 12.1 Å². The fraction of sp³-hybridized carbons (Fsp3) is 0.525. The van der Waals surface area contributed by atoms with Gasteiger partial charge < -0.3 is 31.7 Å². The topological polar surface area (TPSA) is 166 Å². The van der Waals surface area contributed by atoms with E-state index in [1.165, 1.54) is 6.92 Å². The largest absolute Gasteiger partial charge is 0.390 e. The summed E-state index contributed by atoms with van der Waals surface area (Å²) >= 11 is 0. The number of aliphatic hydroxyl groups is 1. The zero-order valence-corrected chi connectivity index (χ0v) is 30.6. The first-order valence-electron chi connectivity index (χ1n) is 18.4. The van der Waals surface area contributed by atoms with E-state index >= 15 is 0 Å². The Balaban J connectivity index is 1.65. The number of benzene rings is 2. The molecule has 1 fully saturated rings. The van der Waals surface area contributed by atoms with Gasteiger partial charge >= 0.3 is 0 Å². The Morgan fingerprint density at radius 3 is 2.10 bits per heavy atom. The lowest BCUT2D eigenvalue weighted by Gasteiger charge is -2.32. The first kappa shape index (κ1) is 39.3. The number of rotatable bonds is 16. The Hall–Kier alpha value is -4.51. The van der Waals surface area contributed by atoms with Crippen LogP contribution in [0.5, 0.6) is 0 Å². The molecule has 4 rings (SSSR count). The monoisotopic (exact) mass is 701 g/mol. The van der Waals surface area contributed by atoms with Gasteiger partial charge in [-0.05, 0) is 42.2 Å². The van der Waals surface area contributed by atoms with Crippen LogP contribution in [0.2, 0.25) is 0 Å². The van der Waals surface area contributed by atoms with E-state index in [9.17, 15) is 29.1 Å². The van der Waals surface area contributed by atoms with Crippen molar-refractivity contribution in [2.75, 3.05) is 6.54 Å². The van der Waals surface area contributed by atoms with Crippen LogP contribution < -0.4 is 26.6 Å². The summed E-state index contributed by atoms with van der Waals surface area (Å²) in [5, 5.41) is 25.8. The van der Waals surface area contributed by atoms with Crippen molar-refractivity contribution >= 4 is 40.8 Å². The number of hydrogen-bond donors (Lipinski definition) is 6. The zero-order valence-electron chi connectivity index (χ0n) is 30.6. The van der Waals surface area contributed by atoms with Crippen LogP contribution in [0.15, 0.2) is 54.6 Å². The average Bonchev–Trinajstić information content (AvgIpc) is 3.42. The lowest BCUT2D eigenvalue weighted by molar-refractivity contribution is -0.132. The Bertz CT molecular complexity index is 1570. The van der Waals surface area contributed by atoms with Crippen molar-refractivity contribution in [3.8, 4) is 0 Å². The van der Waals surface area contributed by atoms with E-state index in [1.807, 2.05) is 33.8 Å². The second-order valence-electron chi connectivity index (χ2n) is 14.8. The third kappa shape index (κ3) is 11.2. The molecule has 2 aliphatic rings. The van der Waals surface area contributed by atoms with Gasteiger partial charge in [0.2, 0.25) is 23.6 Å². The summed E-state index contributed by atoms with van der Waals surface area (Å²) in [5.41, 5.74) is 2.42. The summed E-state index contributed by atoms with van der Waals surface area (Å²) in [4.78, 5) is 66.9.